The van der Waals surface area contributed by atoms with Crippen molar-refractivity contribution in [2.24, 2.45) is 5.92 Å². The van der Waals surface area contributed by atoms with E-state index in [0.717, 1.165) is 29.8 Å². The highest BCUT2D eigenvalue weighted by molar-refractivity contribution is 7.88. The summed E-state index contributed by atoms with van der Waals surface area (Å²) in [6.45, 7) is 3.52. The summed E-state index contributed by atoms with van der Waals surface area (Å²) in [7, 11) is -3.36. The molecule has 0 atom stereocenters. The van der Waals surface area contributed by atoms with Crippen LogP contribution in [0, 0.1) is 12.8 Å². The van der Waals surface area contributed by atoms with Crippen molar-refractivity contribution in [3.8, 4) is 0 Å². The van der Waals surface area contributed by atoms with Crippen LogP contribution in [-0.2, 0) is 27.0 Å². The van der Waals surface area contributed by atoms with Crippen LogP contribution in [0.2, 0.25) is 0 Å². The SMILES string of the molecule is Cc1cccc(CS(=O)(=O)N2CCC(C(=O)N3CCc4ccccc43)CC2)c1. The van der Waals surface area contributed by atoms with Crippen LogP contribution in [0.3, 0.4) is 0 Å². The van der Waals surface area contributed by atoms with E-state index in [-0.39, 0.29) is 17.6 Å². The number of aryl methyl sites for hydroxylation is 1. The average Bonchev–Trinajstić information content (AvgIpc) is 3.11. The molecule has 0 aliphatic carbocycles. The zero-order valence-electron chi connectivity index (χ0n) is 16.2. The van der Waals surface area contributed by atoms with Gasteiger partial charge in [0.2, 0.25) is 15.9 Å². The lowest BCUT2D eigenvalue weighted by Gasteiger charge is -2.32. The molecule has 0 spiro atoms. The van der Waals surface area contributed by atoms with Crippen molar-refractivity contribution in [1.82, 2.24) is 4.31 Å². The quantitative estimate of drug-likeness (QED) is 0.795. The molecular formula is C22H26N2O3S. The summed E-state index contributed by atoms with van der Waals surface area (Å²) in [6, 6.07) is 15.7. The summed E-state index contributed by atoms with van der Waals surface area (Å²) in [5.74, 6) is 0.0598. The van der Waals surface area contributed by atoms with Crippen LogP contribution in [0.5, 0.6) is 0 Å². The number of benzene rings is 2. The first kappa shape index (κ1) is 19.2. The van der Waals surface area contributed by atoms with Gasteiger partial charge in [-0.2, -0.15) is 0 Å². The summed E-state index contributed by atoms with van der Waals surface area (Å²) in [4.78, 5) is 14.9. The molecule has 2 aliphatic rings. The van der Waals surface area contributed by atoms with Gasteiger partial charge in [0.05, 0.1) is 5.75 Å². The number of hydrogen-bond acceptors (Lipinski definition) is 3. The monoisotopic (exact) mass is 398 g/mol. The maximum absolute atomic E-state index is 13.0. The summed E-state index contributed by atoms with van der Waals surface area (Å²) in [5.41, 5.74) is 4.10. The van der Waals surface area contributed by atoms with Crippen molar-refractivity contribution >= 4 is 21.6 Å². The van der Waals surface area contributed by atoms with Crippen molar-refractivity contribution in [2.45, 2.75) is 31.9 Å². The Balaban J connectivity index is 1.38. The summed E-state index contributed by atoms with van der Waals surface area (Å²) in [5, 5.41) is 0. The maximum Gasteiger partial charge on any atom is 0.230 e. The largest absolute Gasteiger partial charge is 0.312 e. The van der Waals surface area contributed by atoms with Crippen LogP contribution < -0.4 is 4.90 Å². The number of rotatable bonds is 4. The molecule has 5 nitrogen and oxygen atoms in total. The smallest absolute Gasteiger partial charge is 0.230 e. The predicted octanol–water partition coefficient (Wildman–Crippen LogP) is 3.13. The fraction of sp³-hybridized carbons (Fsp3) is 0.409. The fourth-order valence-corrected chi connectivity index (χ4v) is 5.82. The standard InChI is InChI=1S/C22H26N2O3S/c1-17-5-4-6-18(15-17)16-28(26,27)23-12-9-20(10-13-23)22(25)24-14-11-19-7-2-3-8-21(19)24/h2-8,15,20H,9-14,16H2,1H3. The van der Waals surface area contributed by atoms with Crippen LogP contribution in [0.15, 0.2) is 48.5 Å². The minimum absolute atomic E-state index is 0.0206. The fourth-order valence-electron chi connectivity index (χ4n) is 4.27. The van der Waals surface area contributed by atoms with Crippen LogP contribution in [0.25, 0.3) is 0 Å². The van der Waals surface area contributed by atoms with E-state index >= 15 is 0 Å². The second-order valence-corrected chi connectivity index (χ2v) is 9.76. The number of amides is 1. The lowest BCUT2D eigenvalue weighted by Crippen LogP contribution is -2.44. The van der Waals surface area contributed by atoms with E-state index in [1.165, 1.54) is 5.56 Å². The van der Waals surface area contributed by atoms with Gasteiger partial charge in [0.25, 0.3) is 0 Å². The van der Waals surface area contributed by atoms with Crippen LogP contribution in [0.4, 0.5) is 5.69 Å². The highest BCUT2D eigenvalue weighted by Gasteiger charge is 2.35. The first-order valence-corrected chi connectivity index (χ1v) is 11.5. The third-order valence-electron chi connectivity index (χ3n) is 5.78. The van der Waals surface area contributed by atoms with Crippen molar-refractivity contribution in [1.29, 1.82) is 0 Å². The van der Waals surface area contributed by atoms with Crippen LogP contribution in [0.1, 0.15) is 29.5 Å². The molecule has 1 saturated heterocycles. The van der Waals surface area contributed by atoms with Gasteiger partial charge >= 0.3 is 0 Å². The van der Waals surface area contributed by atoms with Gasteiger partial charge in [-0.15, -0.1) is 0 Å². The number of nitrogens with zero attached hydrogens (tertiary/aromatic N) is 2. The zero-order valence-corrected chi connectivity index (χ0v) is 17.0. The minimum Gasteiger partial charge on any atom is -0.312 e. The Morgan fingerprint density at radius 1 is 1.04 bits per heavy atom. The Morgan fingerprint density at radius 3 is 2.54 bits per heavy atom. The molecule has 0 N–H and O–H groups in total. The molecule has 6 heteroatoms. The number of sulfonamides is 1. The first-order valence-electron chi connectivity index (χ1n) is 9.87. The molecule has 2 aliphatic heterocycles. The first-order chi connectivity index (χ1) is 13.4. The minimum atomic E-state index is -3.36. The van der Waals surface area contributed by atoms with E-state index in [1.54, 1.807) is 4.31 Å². The molecule has 28 heavy (non-hydrogen) atoms. The van der Waals surface area contributed by atoms with E-state index in [1.807, 2.05) is 54.3 Å². The number of carbonyl (C=O) groups excluding carboxylic acids is 1. The van der Waals surface area contributed by atoms with E-state index in [9.17, 15) is 13.2 Å². The zero-order chi connectivity index (χ0) is 19.7. The van der Waals surface area contributed by atoms with Gasteiger partial charge < -0.3 is 4.90 Å². The van der Waals surface area contributed by atoms with Gasteiger partial charge in [0.1, 0.15) is 0 Å². The second kappa shape index (κ2) is 7.68. The molecule has 0 unspecified atom stereocenters. The van der Waals surface area contributed by atoms with E-state index in [2.05, 4.69) is 6.07 Å². The number of fused-ring (bicyclic) bond motifs is 1. The number of carbonyl (C=O) groups is 1. The lowest BCUT2D eigenvalue weighted by molar-refractivity contribution is -0.123. The molecule has 4 rings (SSSR count). The molecule has 2 heterocycles. The number of anilines is 1. The Bertz CT molecular complexity index is 979. The van der Waals surface area contributed by atoms with Gasteiger partial charge in [-0.05, 0) is 43.4 Å². The molecule has 148 valence electrons. The molecular weight excluding hydrogens is 372 g/mol. The van der Waals surface area contributed by atoms with E-state index < -0.39 is 10.0 Å². The van der Waals surface area contributed by atoms with Crippen LogP contribution >= 0.6 is 0 Å². The molecule has 0 bridgehead atoms. The Morgan fingerprint density at radius 2 is 1.79 bits per heavy atom. The Kier molecular flexibility index (Phi) is 5.25. The van der Waals surface area contributed by atoms with Gasteiger partial charge in [0.15, 0.2) is 0 Å². The molecule has 1 amide bonds. The third-order valence-corrected chi connectivity index (χ3v) is 7.63. The van der Waals surface area contributed by atoms with Crippen molar-refractivity contribution < 1.29 is 13.2 Å². The Hall–Kier alpha value is -2.18. The molecule has 2 aromatic carbocycles. The van der Waals surface area contributed by atoms with Crippen molar-refractivity contribution in [2.75, 3.05) is 24.5 Å². The van der Waals surface area contributed by atoms with Crippen LogP contribution in [-0.4, -0.2) is 38.3 Å². The maximum atomic E-state index is 13.0. The molecule has 0 radical (unpaired) electrons. The van der Waals surface area contributed by atoms with E-state index in [4.69, 9.17) is 0 Å². The summed E-state index contributed by atoms with van der Waals surface area (Å²) >= 11 is 0. The summed E-state index contributed by atoms with van der Waals surface area (Å²) < 4.78 is 27.1. The van der Waals surface area contributed by atoms with Gasteiger partial charge in [-0.1, -0.05) is 48.0 Å². The Labute approximate surface area is 167 Å². The molecule has 0 aromatic heterocycles. The molecule has 0 saturated carbocycles. The topological polar surface area (TPSA) is 57.7 Å². The van der Waals surface area contributed by atoms with Gasteiger partial charge in [-0.25, -0.2) is 12.7 Å². The lowest BCUT2D eigenvalue weighted by atomic mass is 9.96. The summed E-state index contributed by atoms with van der Waals surface area (Å²) in [6.07, 6.45) is 2.07. The van der Waals surface area contributed by atoms with Crippen molar-refractivity contribution in [3.63, 3.8) is 0 Å². The van der Waals surface area contributed by atoms with Gasteiger partial charge in [-0.3, -0.25) is 4.79 Å². The average molecular weight is 399 g/mol. The predicted molar refractivity (Wildman–Crippen MR) is 111 cm³/mol. The molecule has 2 aromatic rings. The highest BCUT2D eigenvalue weighted by Crippen LogP contribution is 2.31. The number of piperidine rings is 1. The highest BCUT2D eigenvalue weighted by atomic mass is 32.2. The third kappa shape index (κ3) is 3.84. The second-order valence-electron chi connectivity index (χ2n) is 7.79. The normalized spacial score (nSPS) is 18.2. The van der Waals surface area contributed by atoms with Crippen molar-refractivity contribution in [3.05, 3.63) is 65.2 Å². The number of hydrogen-bond donors (Lipinski definition) is 0. The van der Waals surface area contributed by atoms with E-state index in [0.29, 0.717) is 25.9 Å². The van der Waals surface area contributed by atoms with Gasteiger partial charge in [0, 0.05) is 31.2 Å². The molecule has 1 fully saturated rings. The number of para-hydroxylation sites is 1.